The van der Waals surface area contributed by atoms with Crippen molar-refractivity contribution >= 4 is 29.0 Å². The van der Waals surface area contributed by atoms with E-state index in [9.17, 15) is 13.2 Å². The predicted octanol–water partition coefficient (Wildman–Crippen LogP) is 5.83. The van der Waals surface area contributed by atoms with Crippen LogP contribution in [0.4, 0.5) is 19.0 Å². The van der Waals surface area contributed by atoms with Gasteiger partial charge in [0.25, 0.3) is 0 Å². The first-order valence-electron chi connectivity index (χ1n) is 7.84. The summed E-state index contributed by atoms with van der Waals surface area (Å²) >= 11 is 12.6. The molecule has 3 nitrogen and oxygen atoms in total. The average molecular weight is 398 g/mol. The molecule has 0 aliphatic carbocycles. The number of nitrogens with zero attached hydrogens (tertiary/aromatic N) is 2. The molecule has 0 unspecified atom stereocenters. The van der Waals surface area contributed by atoms with Crippen molar-refractivity contribution in [2.24, 2.45) is 0 Å². The number of rotatable bonds is 2. The van der Waals surface area contributed by atoms with Crippen LogP contribution in [0.15, 0.2) is 42.5 Å². The minimum absolute atomic E-state index is 0.319. The average Bonchev–Trinajstić information content (AvgIpc) is 3.17. The SMILES string of the molecule is FC(F)(F)c1cccc(-n2nc(-c3c(Cl)cccc3Cl)c3c2NCC3)c1. The smallest absolute Gasteiger partial charge is 0.369 e. The second-order valence-corrected chi connectivity index (χ2v) is 6.72. The maximum absolute atomic E-state index is 13.1. The van der Waals surface area contributed by atoms with Crippen molar-refractivity contribution in [3.8, 4) is 16.9 Å². The minimum Gasteiger partial charge on any atom is -0.369 e. The maximum Gasteiger partial charge on any atom is 0.416 e. The molecule has 2 aromatic carbocycles. The molecule has 2 heterocycles. The molecule has 0 amide bonds. The van der Waals surface area contributed by atoms with Gasteiger partial charge in [-0.15, -0.1) is 0 Å². The third-order valence-electron chi connectivity index (χ3n) is 4.27. The Labute approximate surface area is 157 Å². The van der Waals surface area contributed by atoms with Gasteiger partial charge in [0.15, 0.2) is 0 Å². The summed E-state index contributed by atoms with van der Waals surface area (Å²) in [6, 6.07) is 10.2. The lowest BCUT2D eigenvalue weighted by molar-refractivity contribution is -0.137. The molecule has 3 aromatic rings. The molecule has 1 N–H and O–H groups in total. The summed E-state index contributed by atoms with van der Waals surface area (Å²) in [5.74, 6) is 0.662. The van der Waals surface area contributed by atoms with Crippen molar-refractivity contribution in [2.45, 2.75) is 12.6 Å². The van der Waals surface area contributed by atoms with Crippen LogP contribution in [0.25, 0.3) is 16.9 Å². The highest BCUT2D eigenvalue weighted by Gasteiger charge is 2.32. The van der Waals surface area contributed by atoms with E-state index in [1.165, 1.54) is 10.7 Å². The lowest BCUT2D eigenvalue weighted by atomic mass is 10.1. The Morgan fingerprint density at radius 2 is 1.73 bits per heavy atom. The molecule has 1 aliphatic heterocycles. The molecule has 4 rings (SSSR count). The number of hydrogen-bond acceptors (Lipinski definition) is 2. The predicted molar refractivity (Wildman–Crippen MR) is 96.2 cm³/mol. The molecule has 0 bridgehead atoms. The largest absolute Gasteiger partial charge is 0.416 e. The summed E-state index contributed by atoms with van der Waals surface area (Å²) in [4.78, 5) is 0. The summed E-state index contributed by atoms with van der Waals surface area (Å²) < 4.78 is 40.6. The molecule has 0 radical (unpaired) electrons. The summed E-state index contributed by atoms with van der Waals surface area (Å²) in [6.45, 7) is 0.668. The number of benzene rings is 2. The van der Waals surface area contributed by atoms with Crippen LogP contribution < -0.4 is 5.32 Å². The summed E-state index contributed by atoms with van der Waals surface area (Å²) in [6.07, 6.45) is -3.74. The minimum atomic E-state index is -4.42. The summed E-state index contributed by atoms with van der Waals surface area (Å²) in [7, 11) is 0. The second-order valence-electron chi connectivity index (χ2n) is 5.91. The highest BCUT2D eigenvalue weighted by Crippen LogP contribution is 2.41. The van der Waals surface area contributed by atoms with E-state index in [4.69, 9.17) is 23.2 Å². The molecular weight excluding hydrogens is 386 g/mol. The van der Waals surface area contributed by atoms with E-state index in [2.05, 4.69) is 10.4 Å². The van der Waals surface area contributed by atoms with Crippen molar-refractivity contribution in [3.05, 3.63) is 63.6 Å². The molecule has 1 aliphatic rings. The van der Waals surface area contributed by atoms with Crippen LogP contribution >= 0.6 is 23.2 Å². The van der Waals surface area contributed by atoms with E-state index in [-0.39, 0.29) is 0 Å². The quantitative estimate of drug-likeness (QED) is 0.589. The Kier molecular flexibility index (Phi) is 4.12. The van der Waals surface area contributed by atoms with Gasteiger partial charge < -0.3 is 5.32 Å². The zero-order valence-electron chi connectivity index (χ0n) is 13.2. The molecule has 26 heavy (non-hydrogen) atoms. The highest BCUT2D eigenvalue weighted by atomic mass is 35.5. The molecule has 0 saturated heterocycles. The zero-order valence-corrected chi connectivity index (χ0v) is 14.8. The van der Waals surface area contributed by atoms with Crippen molar-refractivity contribution < 1.29 is 13.2 Å². The van der Waals surface area contributed by atoms with Gasteiger partial charge in [0.05, 0.1) is 21.3 Å². The normalized spacial score (nSPS) is 13.6. The fourth-order valence-corrected chi connectivity index (χ4v) is 3.68. The third-order valence-corrected chi connectivity index (χ3v) is 4.90. The Morgan fingerprint density at radius 1 is 1.04 bits per heavy atom. The number of alkyl halides is 3. The Balaban J connectivity index is 1.91. The van der Waals surface area contributed by atoms with Crippen molar-refractivity contribution in [3.63, 3.8) is 0 Å². The fourth-order valence-electron chi connectivity index (χ4n) is 3.10. The number of fused-ring (bicyclic) bond motifs is 1. The molecular formula is C18H12Cl2F3N3. The molecule has 134 valence electrons. The summed E-state index contributed by atoms with van der Waals surface area (Å²) in [5, 5.41) is 8.61. The van der Waals surface area contributed by atoms with Gasteiger partial charge in [0, 0.05) is 17.7 Å². The number of nitrogens with one attached hydrogen (secondary N) is 1. The van der Waals surface area contributed by atoms with Crippen LogP contribution in [0.3, 0.4) is 0 Å². The van der Waals surface area contributed by atoms with E-state index in [1.54, 1.807) is 24.3 Å². The van der Waals surface area contributed by atoms with Crippen LogP contribution in [0.5, 0.6) is 0 Å². The van der Waals surface area contributed by atoms with E-state index in [1.807, 2.05) is 0 Å². The molecule has 0 fully saturated rings. The van der Waals surface area contributed by atoms with Crippen molar-refractivity contribution in [1.29, 1.82) is 0 Å². The number of aromatic nitrogens is 2. The first-order valence-corrected chi connectivity index (χ1v) is 8.59. The van der Waals surface area contributed by atoms with Gasteiger partial charge in [-0.25, -0.2) is 4.68 Å². The van der Waals surface area contributed by atoms with E-state index >= 15 is 0 Å². The number of anilines is 1. The highest BCUT2D eigenvalue weighted by molar-refractivity contribution is 6.39. The van der Waals surface area contributed by atoms with Gasteiger partial charge in [-0.2, -0.15) is 18.3 Å². The summed E-state index contributed by atoms with van der Waals surface area (Å²) in [5.41, 5.74) is 1.64. The third kappa shape index (κ3) is 2.83. The fraction of sp³-hybridized carbons (Fsp3) is 0.167. The number of hydrogen-bond donors (Lipinski definition) is 1. The van der Waals surface area contributed by atoms with Crippen molar-refractivity contribution in [1.82, 2.24) is 9.78 Å². The Bertz CT molecular complexity index is 976. The Hall–Kier alpha value is -2.18. The lowest BCUT2D eigenvalue weighted by Crippen LogP contribution is -2.08. The van der Waals surface area contributed by atoms with Crippen LogP contribution in [0, 0.1) is 0 Å². The monoisotopic (exact) mass is 397 g/mol. The molecule has 1 aromatic heterocycles. The zero-order chi connectivity index (χ0) is 18.5. The van der Waals surface area contributed by atoms with Gasteiger partial charge in [-0.1, -0.05) is 35.3 Å². The van der Waals surface area contributed by atoms with Gasteiger partial charge in [-0.3, -0.25) is 0 Å². The van der Waals surface area contributed by atoms with Crippen LogP contribution in [0.2, 0.25) is 10.0 Å². The van der Waals surface area contributed by atoms with Gasteiger partial charge in [0.2, 0.25) is 0 Å². The van der Waals surface area contributed by atoms with Gasteiger partial charge in [0.1, 0.15) is 11.5 Å². The first kappa shape index (κ1) is 17.2. The van der Waals surface area contributed by atoms with E-state index in [0.29, 0.717) is 45.8 Å². The van der Waals surface area contributed by atoms with Crippen LogP contribution in [-0.2, 0) is 12.6 Å². The first-order chi connectivity index (χ1) is 12.4. The molecule has 0 spiro atoms. The Morgan fingerprint density at radius 3 is 2.42 bits per heavy atom. The van der Waals surface area contributed by atoms with Crippen LogP contribution in [0.1, 0.15) is 11.1 Å². The van der Waals surface area contributed by atoms with E-state index < -0.39 is 11.7 Å². The maximum atomic E-state index is 13.1. The van der Waals surface area contributed by atoms with Gasteiger partial charge in [-0.05, 0) is 36.8 Å². The number of halogens is 5. The topological polar surface area (TPSA) is 29.9 Å². The molecule has 8 heteroatoms. The van der Waals surface area contributed by atoms with Crippen LogP contribution in [-0.4, -0.2) is 16.3 Å². The standard InChI is InChI=1S/C18H12Cl2F3N3/c19-13-5-2-6-14(20)15(13)16-12-7-8-24-17(12)26(25-16)11-4-1-3-10(9-11)18(21,22)23/h1-6,9,24H,7-8H2. The molecule has 0 atom stereocenters. The lowest BCUT2D eigenvalue weighted by Gasteiger charge is -2.10. The molecule has 0 saturated carbocycles. The second kappa shape index (κ2) is 6.21. The van der Waals surface area contributed by atoms with E-state index in [0.717, 1.165) is 17.7 Å². The van der Waals surface area contributed by atoms with Crippen molar-refractivity contribution in [2.75, 3.05) is 11.9 Å². The van der Waals surface area contributed by atoms with Gasteiger partial charge >= 0.3 is 6.18 Å².